The zero-order valence-electron chi connectivity index (χ0n) is 9.94. The number of carboxylic acid groups (broad SMARTS) is 1. The monoisotopic (exact) mass is 395 g/mol. The summed E-state index contributed by atoms with van der Waals surface area (Å²) >= 11 is 8.04. The SMILES string of the molecule is COC(=O)[C@@H]1C[C@H](C(=O)O)Nc2cc(Cl)cc(I)c21. The number of esters is 1. The minimum Gasteiger partial charge on any atom is -0.480 e. The summed E-state index contributed by atoms with van der Waals surface area (Å²) in [6, 6.07) is 2.54. The summed E-state index contributed by atoms with van der Waals surface area (Å²) in [5, 5.41) is 12.5. The Kier molecular flexibility index (Phi) is 4.19. The Hall–Kier alpha value is -1.02. The average molecular weight is 396 g/mol. The maximum absolute atomic E-state index is 11.9. The van der Waals surface area contributed by atoms with Gasteiger partial charge in [0.15, 0.2) is 0 Å². The molecule has 0 saturated heterocycles. The largest absolute Gasteiger partial charge is 0.480 e. The zero-order chi connectivity index (χ0) is 14.2. The van der Waals surface area contributed by atoms with Crippen LogP contribution in [0.5, 0.6) is 0 Å². The first-order chi connectivity index (χ1) is 8.93. The molecular formula is C12H11ClINO4. The number of carbonyl (C=O) groups excluding carboxylic acids is 1. The first kappa shape index (κ1) is 14.4. The van der Waals surface area contributed by atoms with Crippen LogP contribution in [-0.2, 0) is 14.3 Å². The van der Waals surface area contributed by atoms with Crippen molar-refractivity contribution in [1.29, 1.82) is 0 Å². The molecule has 5 nitrogen and oxygen atoms in total. The first-order valence-electron chi connectivity index (χ1n) is 5.50. The van der Waals surface area contributed by atoms with Gasteiger partial charge in [0.25, 0.3) is 0 Å². The second-order valence-electron chi connectivity index (χ2n) is 4.20. The highest BCUT2D eigenvalue weighted by atomic mass is 127. The number of benzene rings is 1. The first-order valence-corrected chi connectivity index (χ1v) is 6.95. The van der Waals surface area contributed by atoms with E-state index in [9.17, 15) is 9.59 Å². The van der Waals surface area contributed by atoms with Gasteiger partial charge >= 0.3 is 11.9 Å². The molecule has 1 aromatic carbocycles. The Morgan fingerprint density at radius 1 is 1.53 bits per heavy atom. The number of ether oxygens (including phenoxy) is 1. The van der Waals surface area contributed by atoms with E-state index in [1.165, 1.54) is 7.11 Å². The summed E-state index contributed by atoms with van der Waals surface area (Å²) in [4.78, 5) is 23.0. The number of fused-ring (bicyclic) bond motifs is 1. The summed E-state index contributed by atoms with van der Waals surface area (Å²) < 4.78 is 5.58. The molecule has 0 spiro atoms. The lowest BCUT2D eigenvalue weighted by Crippen LogP contribution is -2.38. The van der Waals surface area contributed by atoms with Crippen LogP contribution < -0.4 is 5.32 Å². The van der Waals surface area contributed by atoms with E-state index in [1.54, 1.807) is 12.1 Å². The topological polar surface area (TPSA) is 75.6 Å². The average Bonchev–Trinajstić information content (AvgIpc) is 2.35. The van der Waals surface area contributed by atoms with Crippen molar-refractivity contribution in [2.75, 3.05) is 12.4 Å². The number of rotatable bonds is 2. The molecule has 0 aliphatic carbocycles. The van der Waals surface area contributed by atoms with E-state index in [-0.39, 0.29) is 6.42 Å². The van der Waals surface area contributed by atoms with Gasteiger partial charge in [-0.15, -0.1) is 0 Å². The highest BCUT2D eigenvalue weighted by Crippen LogP contribution is 2.39. The molecule has 0 bridgehead atoms. The Bertz CT molecular complexity index is 549. The molecule has 0 amide bonds. The molecule has 2 atom stereocenters. The van der Waals surface area contributed by atoms with E-state index in [0.29, 0.717) is 10.7 Å². The molecule has 1 heterocycles. The molecule has 2 rings (SSSR count). The summed E-state index contributed by atoms with van der Waals surface area (Å²) in [7, 11) is 1.29. The van der Waals surface area contributed by atoms with Crippen molar-refractivity contribution in [1.82, 2.24) is 0 Å². The second-order valence-corrected chi connectivity index (χ2v) is 5.79. The van der Waals surface area contributed by atoms with Gasteiger partial charge in [-0.3, -0.25) is 4.79 Å². The van der Waals surface area contributed by atoms with E-state index in [0.717, 1.165) is 9.13 Å². The second kappa shape index (κ2) is 5.54. The van der Waals surface area contributed by atoms with Crippen molar-refractivity contribution in [2.24, 2.45) is 0 Å². The van der Waals surface area contributed by atoms with Crippen LogP contribution in [0.25, 0.3) is 0 Å². The van der Waals surface area contributed by atoms with Crippen molar-refractivity contribution >= 4 is 51.8 Å². The fourth-order valence-corrected chi connectivity index (χ4v) is 3.58. The van der Waals surface area contributed by atoms with Crippen molar-refractivity contribution in [3.05, 3.63) is 26.3 Å². The lowest BCUT2D eigenvalue weighted by molar-refractivity contribution is -0.143. The van der Waals surface area contributed by atoms with Crippen LogP contribution in [0, 0.1) is 3.57 Å². The fraction of sp³-hybridized carbons (Fsp3) is 0.333. The number of aliphatic carboxylic acids is 1. The van der Waals surface area contributed by atoms with Gasteiger partial charge in [0.05, 0.1) is 13.0 Å². The van der Waals surface area contributed by atoms with E-state index in [4.69, 9.17) is 21.4 Å². The molecule has 0 aromatic heterocycles. The van der Waals surface area contributed by atoms with E-state index in [2.05, 4.69) is 27.9 Å². The third kappa shape index (κ3) is 2.79. The minimum atomic E-state index is -1.01. The molecule has 102 valence electrons. The fourth-order valence-electron chi connectivity index (χ4n) is 2.18. The van der Waals surface area contributed by atoms with Crippen molar-refractivity contribution in [2.45, 2.75) is 18.4 Å². The van der Waals surface area contributed by atoms with Crippen LogP contribution in [-0.4, -0.2) is 30.2 Å². The number of carboxylic acids is 1. The van der Waals surface area contributed by atoms with Crippen LogP contribution in [0.15, 0.2) is 12.1 Å². The third-order valence-electron chi connectivity index (χ3n) is 3.03. The molecule has 0 radical (unpaired) electrons. The molecule has 0 saturated carbocycles. The molecular weight excluding hydrogens is 384 g/mol. The predicted octanol–water partition coefficient (Wildman–Crippen LogP) is 2.47. The summed E-state index contributed by atoms with van der Waals surface area (Å²) in [6.45, 7) is 0. The van der Waals surface area contributed by atoms with Crippen LogP contribution in [0.4, 0.5) is 5.69 Å². The Labute approximate surface area is 128 Å². The quantitative estimate of drug-likeness (QED) is 0.594. The number of carbonyl (C=O) groups is 2. The van der Waals surface area contributed by atoms with Crippen molar-refractivity contribution < 1.29 is 19.4 Å². The lowest BCUT2D eigenvalue weighted by atomic mass is 9.87. The third-order valence-corrected chi connectivity index (χ3v) is 4.14. The number of anilines is 1. The van der Waals surface area contributed by atoms with Crippen LogP contribution in [0.3, 0.4) is 0 Å². The zero-order valence-corrected chi connectivity index (χ0v) is 12.9. The van der Waals surface area contributed by atoms with Gasteiger partial charge in [0.2, 0.25) is 0 Å². The molecule has 1 aromatic rings. The highest BCUT2D eigenvalue weighted by molar-refractivity contribution is 14.1. The van der Waals surface area contributed by atoms with Crippen LogP contribution >= 0.6 is 34.2 Å². The lowest BCUT2D eigenvalue weighted by Gasteiger charge is -2.30. The van der Waals surface area contributed by atoms with E-state index < -0.39 is 23.9 Å². The van der Waals surface area contributed by atoms with Gasteiger partial charge in [-0.25, -0.2) is 4.79 Å². The van der Waals surface area contributed by atoms with Gasteiger partial charge in [-0.05, 0) is 41.1 Å². The number of methoxy groups -OCH3 is 1. The summed E-state index contributed by atoms with van der Waals surface area (Å²) in [5.74, 6) is -2.03. The van der Waals surface area contributed by atoms with Crippen molar-refractivity contribution in [3.8, 4) is 0 Å². The molecule has 19 heavy (non-hydrogen) atoms. The normalized spacial score (nSPS) is 21.2. The van der Waals surface area contributed by atoms with Crippen LogP contribution in [0.2, 0.25) is 5.02 Å². The van der Waals surface area contributed by atoms with Gasteiger partial charge in [0, 0.05) is 19.8 Å². The highest BCUT2D eigenvalue weighted by Gasteiger charge is 2.36. The maximum Gasteiger partial charge on any atom is 0.326 e. The molecule has 1 aliphatic rings. The smallest absolute Gasteiger partial charge is 0.326 e. The van der Waals surface area contributed by atoms with E-state index >= 15 is 0 Å². The van der Waals surface area contributed by atoms with E-state index in [1.807, 2.05) is 0 Å². The standard InChI is InChI=1S/C12H11ClINO4/c1-19-12(18)6-4-9(11(16)17)15-8-3-5(13)2-7(14)10(6)8/h2-3,6,9,15H,4H2,1H3,(H,16,17)/t6-,9-/m1/s1. The van der Waals surface area contributed by atoms with Crippen molar-refractivity contribution in [3.63, 3.8) is 0 Å². The molecule has 0 fully saturated rings. The summed E-state index contributed by atoms with van der Waals surface area (Å²) in [5.41, 5.74) is 1.32. The molecule has 2 N–H and O–H groups in total. The Balaban J connectivity index is 2.53. The van der Waals surface area contributed by atoms with Gasteiger partial charge in [-0.1, -0.05) is 11.6 Å². The van der Waals surface area contributed by atoms with Gasteiger partial charge in [-0.2, -0.15) is 0 Å². The Morgan fingerprint density at radius 2 is 2.21 bits per heavy atom. The minimum absolute atomic E-state index is 0.159. The molecule has 7 heteroatoms. The summed E-state index contributed by atoms with van der Waals surface area (Å²) in [6.07, 6.45) is 0.159. The number of hydrogen-bond donors (Lipinski definition) is 2. The van der Waals surface area contributed by atoms with Gasteiger partial charge in [0.1, 0.15) is 6.04 Å². The molecule has 1 aliphatic heterocycles. The number of nitrogens with one attached hydrogen (secondary N) is 1. The maximum atomic E-state index is 11.9. The Morgan fingerprint density at radius 3 is 2.79 bits per heavy atom. The predicted molar refractivity (Wildman–Crippen MR) is 78.6 cm³/mol. The number of halogens is 2. The van der Waals surface area contributed by atoms with Gasteiger partial charge < -0.3 is 15.2 Å². The number of hydrogen-bond acceptors (Lipinski definition) is 4. The molecule has 0 unspecified atom stereocenters. The van der Waals surface area contributed by atoms with Crippen LogP contribution in [0.1, 0.15) is 17.9 Å².